The van der Waals surface area contributed by atoms with Gasteiger partial charge in [0, 0.05) is 13.1 Å². The van der Waals surface area contributed by atoms with Crippen molar-refractivity contribution in [1.82, 2.24) is 4.90 Å². The minimum atomic E-state index is -0.302. The van der Waals surface area contributed by atoms with Crippen LogP contribution in [0.15, 0.2) is 0 Å². The average Bonchev–Trinajstić information content (AvgIpc) is 2.29. The van der Waals surface area contributed by atoms with Crippen LogP contribution in [0.3, 0.4) is 0 Å². The van der Waals surface area contributed by atoms with Crippen molar-refractivity contribution in [3.8, 4) is 0 Å². The fraction of sp³-hybridized carbons (Fsp3) is 0.800. The highest BCUT2D eigenvalue weighted by Crippen LogP contribution is 2.10. The maximum Gasteiger partial charge on any atom is 0.308 e. The van der Waals surface area contributed by atoms with E-state index in [9.17, 15) is 9.59 Å². The van der Waals surface area contributed by atoms with Gasteiger partial charge in [0.25, 0.3) is 0 Å². The van der Waals surface area contributed by atoms with Crippen molar-refractivity contribution in [2.24, 2.45) is 0 Å². The van der Waals surface area contributed by atoms with Gasteiger partial charge in [0.15, 0.2) is 0 Å². The van der Waals surface area contributed by atoms with E-state index in [1.807, 2.05) is 6.26 Å². The molecule has 0 bridgehead atoms. The van der Waals surface area contributed by atoms with Gasteiger partial charge in [0.05, 0.1) is 32.0 Å². The normalized spacial score (nSPS) is 20.6. The van der Waals surface area contributed by atoms with E-state index in [4.69, 9.17) is 4.74 Å². The highest BCUT2D eigenvalue weighted by Gasteiger charge is 2.25. The summed E-state index contributed by atoms with van der Waals surface area (Å²) in [6, 6.07) is 0. The maximum atomic E-state index is 11.6. The number of hydrogen-bond donors (Lipinski definition) is 0. The van der Waals surface area contributed by atoms with Gasteiger partial charge in [0.1, 0.15) is 0 Å². The zero-order valence-corrected chi connectivity index (χ0v) is 10.4. The third kappa shape index (κ3) is 4.02. The number of esters is 1. The van der Waals surface area contributed by atoms with Crippen LogP contribution in [0.5, 0.6) is 0 Å². The highest BCUT2D eigenvalue weighted by molar-refractivity contribution is 7.99. The highest BCUT2D eigenvalue weighted by atomic mass is 32.2. The van der Waals surface area contributed by atoms with Gasteiger partial charge < -0.3 is 14.4 Å². The Labute approximate surface area is 99.5 Å². The Morgan fingerprint density at radius 1 is 1.56 bits per heavy atom. The molecule has 6 heteroatoms. The number of rotatable bonds is 4. The van der Waals surface area contributed by atoms with Gasteiger partial charge >= 0.3 is 5.97 Å². The van der Waals surface area contributed by atoms with Crippen LogP contribution in [-0.2, 0) is 19.1 Å². The minimum Gasteiger partial charge on any atom is -0.469 e. The molecule has 1 aliphatic rings. The molecule has 5 nitrogen and oxygen atoms in total. The lowest BCUT2D eigenvalue weighted by molar-refractivity contribution is -0.149. The fourth-order valence-electron chi connectivity index (χ4n) is 1.55. The number of nitrogens with zero attached hydrogens (tertiary/aromatic N) is 1. The lowest BCUT2D eigenvalue weighted by Gasteiger charge is -2.32. The predicted octanol–water partition coefficient (Wildman–Crippen LogP) is 0.140. The third-order valence-electron chi connectivity index (χ3n) is 2.38. The molecule has 0 radical (unpaired) electrons. The summed E-state index contributed by atoms with van der Waals surface area (Å²) in [4.78, 5) is 24.4. The average molecular weight is 247 g/mol. The lowest BCUT2D eigenvalue weighted by Crippen LogP contribution is -2.47. The van der Waals surface area contributed by atoms with Crippen LogP contribution >= 0.6 is 11.8 Å². The molecule has 0 aromatic heterocycles. The molecule has 16 heavy (non-hydrogen) atoms. The molecule has 1 atom stereocenters. The molecule has 0 aromatic rings. The van der Waals surface area contributed by atoms with E-state index in [0.717, 1.165) is 0 Å². The number of methoxy groups -OCH3 is 1. The topological polar surface area (TPSA) is 55.8 Å². The fourth-order valence-corrected chi connectivity index (χ4v) is 1.98. The Hall–Kier alpha value is -0.750. The molecular weight excluding hydrogens is 230 g/mol. The van der Waals surface area contributed by atoms with Gasteiger partial charge in [-0.05, 0) is 6.26 Å². The van der Waals surface area contributed by atoms with Crippen LogP contribution in [0, 0.1) is 0 Å². The molecule has 1 rings (SSSR count). The Morgan fingerprint density at radius 2 is 2.31 bits per heavy atom. The number of amides is 1. The van der Waals surface area contributed by atoms with Gasteiger partial charge in [-0.3, -0.25) is 9.59 Å². The van der Waals surface area contributed by atoms with Gasteiger partial charge in [-0.1, -0.05) is 0 Å². The monoisotopic (exact) mass is 247 g/mol. The Balaban J connectivity index is 2.40. The molecule has 0 saturated carbocycles. The van der Waals surface area contributed by atoms with Crippen LogP contribution in [0.4, 0.5) is 0 Å². The van der Waals surface area contributed by atoms with Crippen molar-refractivity contribution >= 4 is 23.6 Å². The first-order chi connectivity index (χ1) is 7.67. The number of carbonyl (C=O) groups is 2. The van der Waals surface area contributed by atoms with Crippen molar-refractivity contribution in [1.29, 1.82) is 0 Å². The van der Waals surface area contributed by atoms with Crippen LogP contribution in [0.2, 0.25) is 0 Å². The summed E-state index contributed by atoms with van der Waals surface area (Å²) in [5.41, 5.74) is 0. The Morgan fingerprint density at radius 3 is 2.94 bits per heavy atom. The molecular formula is C10H17NO4S. The van der Waals surface area contributed by atoms with Crippen molar-refractivity contribution in [2.45, 2.75) is 12.5 Å². The first kappa shape index (κ1) is 13.3. The second-order valence-electron chi connectivity index (χ2n) is 3.55. The molecule has 0 spiro atoms. The summed E-state index contributed by atoms with van der Waals surface area (Å²) < 4.78 is 9.98. The second kappa shape index (κ2) is 6.75. The summed E-state index contributed by atoms with van der Waals surface area (Å²) in [5, 5.41) is 0. The molecule has 1 aliphatic heterocycles. The summed E-state index contributed by atoms with van der Waals surface area (Å²) in [7, 11) is 1.35. The minimum absolute atomic E-state index is 0.102. The summed E-state index contributed by atoms with van der Waals surface area (Å²) in [6.45, 7) is 1.58. The van der Waals surface area contributed by atoms with E-state index in [2.05, 4.69) is 4.74 Å². The molecule has 92 valence electrons. The van der Waals surface area contributed by atoms with E-state index < -0.39 is 0 Å². The van der Waals surface area contributed by atoms with E-state index in [0.29, 0.717) is 25.4 Å². The SMILES string of the molecule is COC(=O)CC1CN(C(=O)CSC)CCO1. The molecule has 1 amide bonds. The molecule has 1 fully saturated rings. The maximum absolute atomic E-state index is 11.6. The van der Waals surface area contributed by atoms with Gasteiger partial charge in [0.2, 0.25) is 5.91 Å². The lowest BCUT2D eigenvalue weighted by atomic mass is 10.2. The largest absolute Gasteiger partial charge is 0.469 e. The predicted molar refractivity (Wildman–Crippen MR) is 61.3 cm³/mol. The quantitative estimate of drug-likeness (QED) is 0.661. The van der Waals surface area contributed by atoms with E-state index >= 15 is 0 Å². The van der Waals surface area contributed by atoms with E-state index in [-0.39, 0.29) is 24.4 Å². The van der Waals surface area contributed by atoms with E-state index in [1.165, 1.54) is 18.9 Å². The number of carbonyl (C=O) groups excluding carboxylic acids is 2. The smallest absolute Gasteiger partial charge is 0.308 e. The van der Waals surface area contributed by atoms with Gasteiger partial charge in [-0.2, -0.15) is 11.8 Å². The van der Waals surface area contributed by atoms with Crippen molar-refractivity contribution in [3.63, 3.8) is 0 Å². The Kier molecular flexibility index (Phi) is 5.62. The van der Waals surface area contributed by atoms with Gasteiger partial charge in [-0.15, -0.1) is 0 Å². The number of thioether (sulfide) groups is 1. The van der Waals surface area contributed by atoms with E-state index in [1.54, 1.807) is 4.90 Å². The first-order valence-electron chi connectivity index (χ1n) is 5.12. The van der Waals surface area contributed by atoms with Crippen LogP contribution in [0.1, 0.15) is 6.42 Å². The van der Waals surface area contributed by atoms with Crippen LogP contribution < -0.4 is 0 Å². The first-order valence-corrected chi connectivity index (χ1v) is 6.52. The third-order valence-corrected chi connectivity index (χ3v) is 2.92. The zero-order chi connectivity index (χ0) is 12.0. The molecule has 1 saturated heterocycles. The number of morpholine rings is 1. The molecule has 0 N–H and O–H groups in total. The standard InChI is InChI=1S/C10H17NO4S/c1-14-10(13)5-8-6-11(3-4-15-8)9(12)7-16-2/h8H,3-7H2,1-2H3. The van der Waals surface area contributed by atoms with Gasteiger partial charge in [-0.25, -0.2) is 0 Å². The summed E-state index contributed by atoms with van der Waals surface area (Å²) in [5.74, 6) is 0.278. The van der Waals surface area contributed by atoms with Crippen LogP contribution in [0.25, 0.3) is 0 Å². The molecule has 0 aliphatic carbocycles. The van der Waals surface area contributed by atoms with Crippen molar-refractivity contribution in [2.75, 3.05) is 38.8 Å². The zero-order valence-electron chi connectivity index (χ0n) is 9.60. The van der Waals surface area contributed by atoms with Crippen molar-refractivity contribution in [3.05, 3.63) is 0 Å². The molecule has 1 unspecified atom stereocenters. The van der Waals surface area contributed by atoms with Crippen molar-refractivity contribution < 1.29 is 19.1 Å². The van der Waals surface area contributed by atoms with Crippen LogP contribution in [-0.4, -0.2) is 61.7 Å². The number of ether oxygens (including phenoxy) is 2. The Bertz CT molecular complexity index is 259. The second-order valence-corrected chi connectivity index (χ2v) is 4.41. The number of hydrogen-bond acceptors (Lipinski definition) is 5. The molecule has 1 heterocycles. The summed E-state index contributed by atoms with van der Waals surface area (Å²) >= 11 is 1.50. The summed E-state index contributed by atoms with van der Waals surface area (Å²) in [6.07, 6.45) is 1.87. The molecule has 0 aromatic carbocycles.